The van der Waals surface area contributed by atoms with Gasteiger partial charge in [-0.3, -0.25) is 0 Å². The Morgan fingerprint density at radius 3 is 0.678 bits per heavy atom. The average Bonchev–Trinajstić information content (AvgIpc) is 1.62. The van der Waals surface area contributed by atoms with Crippen LogP contribution >= 0.6 is 0 Å². The number of aromatic amines is 1. The number of hydrogen-bond acceptors (Lipinski definition) is 1. The molecule has 0 aliphatic carbocycles. The summed E-state index contributed by atoms with van der Waals surface area (Å²) in [5, 5.41) is 19.3. The van der Waals surface area contributed by atoms with E-state index in [2.05, 4.69) is 405 Å². The van der Waals surface area contributed by atoms with Crippen LogP contribution in [0.2, 0.25) is 0 Å². The summed E-state index contributed by atoms with van der Waals surface area (Å²) in [5.41, 5.74) is 36.7. The van der Waals surface area contributed by atoms with Crippen molar-refractivity contribution in [3.05, 3.63) is 424 Å². The maximum Gasteiger partial charge on any atom is 0.123 e. The van der Waals surface area contributed by atoms with Crippen molar-refractivity contribution in [3.63, 3.8) is 0 Å². The number of nitrogens with zero attached hydrogens (tertiary/aromatic N) is 4. The maximum absolute atomic E-state index is 13.3. The quantitative estimate of drug-likeness (QED) is 0.177. The topological polar surface area (TPSA) is 54.4 Å². The highest BCUT2D eigenvalue weighted by atomic mass is 19.1. The Kier molecular flexibility index (Phi) is 22.4. The lowest BCUT2D eigenvalue weighted by molar-refractivity contribution is 0.627. The largest absolute Gasteiger partial charge is 0.355 e. The second kappa shape index (κ2) is 33.6. The van der Waals surface area contributed by atoms with Gasteiger partial charge in [0.05, 0.1) is 44.7 Å². The third-order valence-electron chi connectivity index (χ3n) is 21.6. The first kappa shape index (κ1) is 76.5. The molecular weight excluding hydrogens is 1400 g/mol. The van der Waals surface area contributed by atoms with Crippen LogP contribution in [0.25, 0.3) is 138 Å². The molecule has 20 aromatic rings. The number of halogens is 1. The van der Waals surface area contributed by atoms with Crippen molar-refractivity contribution in [3.8, 4) is 56.5 Å². The summed E-state index contributed by atoms with van der Waals surface area (Å²) in [6.07, 6.45) is 0. The van der Waals surface area contributed by atoms with E-state index in [-0.39, 0.29) is 5.82 Å². The van der Waals surface area contributed by atoms with Crippen molar-refractivity contribution < 1.29 is 4.39 Å². The van der Waals surface area contributed by atoms with Crippen LogP contribution in [0.4, 0.5) is 4.39 Å². The van der Waals surface area contributed by atoms with Crippen LogP contribution < -0.4 is 0 Å². The maximum atomic E-state index is 13.3. The van der Waals surface area contributed by atoms with Gasteiger partial charge in [-0.1, -0.05) is 255 Å². The highest BCUT2D eigenvalue weighted by molar-refractivity contribution is 6.12. The molecule has 6 heteroatoms. The Hall–Kier alpha value is -13.9. The van der Waals surface area contributed by atoms with E-state index in [4.69, 9.17) is 5.26 Å². The van der Waals surface area contributed by atoms with E-state index >= 15 is 0 Å². The zero-order chi connectivity index (χ0) is 80.0. The number of para-hydroxylation sites is 1. The fourth-order valence-electron chi connectivity index (χ4n) is 15.4. The van der Waals surface area contributed by atoms with Crippen molar-refractivity contribution in [1.29, 1.82) is 5.26 Å². The van der Waals surface area contributed by atoms with E-state index in [1.807, 2.05) is 36.4 Å². The molecule has 0 fully saturated rings. The van der Waals surface area contributed by atoms with Gasteiger partial charge in [0, 0.05) is 71.2 Å². The smallest absolute Gasteiger partial charge is 0.123 e. The molecule has 0 unspecified atom stereocenters. The third-order valence-corrected chi connectivity index (χ3v) is 21.6. The van der Waals surface area contributed by atoms with Gasteiger partial charge in [-0.2, -0.15) is 5.26 Å². The second-order valence-electron chi connectivity index (χ2n) is 30.9. The molecule has 0 amide bonds. The number of hydrogen-bond donors (Lipinski definition) is 1. The first-order chi connectivity index (χ1) is 55.7. The molecule has 16 aromatic carbocycles. The van der Waals surface area contributed by atoms with Crippen molar-refractivity contribution in [2.75, 3.05) is 0 Å². The fraction of sp³-hybridized carbons (Fsp3) is 0.110. The molecular formula is C109H94FN5. The Morgan fingerprint density at radius 1 is 0.217 bits per heavy atom. The normalized spacial score (nSPS) is 11.0. The minimum absolute atomic E-state index is 0.212. The number of nitriles is 1. The monoisotopic (exact) mass is 1490 g/mol. The highest BCUT2D eigenvalue weighted by Crippen LogP contribution is 2.38. The number of benzene rings is 16. The van der Waals surface area contributed by atoms with Gasteiger partial charge in [0.15, 0.2) is 0 Å². The standard InChI is InChI=1S/C21H16N2.C20H16FN.C20H17N.C20H18.C14H13N.C14H14/c1-14-3-9-20-18(11-14)19-12-15(2)4-10-21(19)23(20)17-7-5-16(13-22)6-8-17;1-13-3-9-19-17(11-13)18-12-14(2)4-10-20(18)22(19)16-7-5-15(21)6-8-16;1-14-8-10-19-17(12-14)18-13-15(2)9-11-20(18)21(19)16-6-4-3-5-7-16;1-15-3-7-17(8-4-15)19-11-13-20(14-12-19)18-9-5-16(2)6-10-18;1-9-3-5-13-11(7-9)12-8-10(2)4-6-14(12)15-13;1-11-3-7-13(8-4-11)14-9-5-12(2)6-10-14/h3-12H,1-2H3;3-12H,1-2H3;3-13H,1-2H3;3-14H,1-2H3;3-8,15H,1-2H3;3-10H,1-2H3. The fourth-order valence-corrected chi connectivity index (χ4v) is 15.4. The molecule has 4 heterocycles. The van der Waals surface area contributed by atoms with Crippen LogP contribution in [-0.2, 0) is 0 Å². The lowest BCUT2D eigenvalue weighted by Gasteiger charge is -2.08. The average molecular weight is 1490 g/mol. The minimum atomic E-state index is -0.212. The van der Waals surface area contributed by atoms with Gasteiger partial charge in [-0.25, -0.2) is 4.39 Å². The number of aryl methyl sites for hydroxylation is 12. The van der Waals surface area contributed by atoms with Gasteiger partial charge in [0.1, 0.15) is 5.82 Å². The Balaban J connectivity index is 0.000000109. The highest BCUT2D eigenvalue weighted by Gasteiger charge is 2.17. The summed E-state index contributed by atoms with van der Waals surface area (Å²) in [6.45, 7) is 25.5. The summed E-state index contributed by atoms with van der Waals surface area (Å²) in [7, 11) is 0. The van der Waals surface area contributed by atoms with Crippen LogP contribution in [0.1, 0.15) is 72.3 Å². The number of H-pyrrole nitrogens is 1. The first-order valence-electron chi connectivity index (χ1n) is 39.5. The molecule has 0 aliphatic rings. The van der Waals surface area contributed by atoms with E-state index in [9.17, 15) is 4.39 Å². The van der Waals surface area contributed by atoms with Gasteiger partial charge < -0.3 is 18.7 Å². The van der Waals surface area contributed by atoms with E-state index in [0.29, 0.717) is 5.56 Å². The zero-order valence-electron chi connectivity index (χ0n) is 67.6. The third kappa shape index (κ3) is 17.0. The summed E-state index contributed by atoms with van der Waals surface area (Å²) in [6, 6.07) is 123. The van der Waals surface area contributed by atoms with Crippen LogP contribution in [0.5, 0.6) is 0 Å². The van der Waals surface area contributed by atoms with E-state index < -0.39 is 0 Å². The van der Waals surface area contributed by atoms with Crippen molar-refractivity contribution in [1.82, 2.24) is 18.7 Å². The van der Waals surface area contributed by atoms with E-state index in [1.165, 1.54) is 194 Å². The predicted molar refractivity (Wildman–Crippen MR) is 489 cm³/mol. The molecule has 0 aliphatic heterocycles. The predicted octanol–water partition coefficient (Wildman–Crippen LogP) is 29.8. The van der Waals surface area contributed by atoms with Crippen LogP contribution in [0.15, 0.2) is 346 Å². The number of aromatic nitrogens is 4. The van der Waals surface area contributed by atoms with Crippen LogP contribution in [-0.4, -0.2) is 18.7 Å². The summed E-state index contributed by atoms with van der Waals surface area (Å²) in [4.78, 5) is 3.43. The molecule has 0 bridgehead atoms. The molecule has 20 rings (SSSR count). The Bertz CT molecular complexity index is 6570. The molecule has 0 saturated heterocycles. The summed E-state index contributed by atoms with van der Waals surface area (Å²) < 4.78 is 20.1. The van der Waals surface area contributed by atoms with E-state index in [1.54, 1.807) is 0 Å². The molecule has 0 saturated carbocycles. The lowest BCUT2D eigenvalue weighted by atomic mass is 9.99. The molecule has 562 valence electrons. The van der Waals surface area contributed by atoms with Gasteiger partial charge >= 0.3 is 0 Å². The molecule has 0 radical (unpaired) electrons. The van der Waals surface area contributed by atoms with Crippen molar-refractivity contribution in [2.24, 2.45) is 0 Å². The minimum Gasteiger partial charge on any atom is -0.355 e. The SMILES string of the molecule is Cc1ccc(-c2ccc(-c3ccc(C)cc3)cc2)cc1.Cc1ccc(-c2ccc(C)cc2)cc1.Cc1ccc2[nH]c3ccc(C)cc3c2c1.Cc1ccc2c(c1)c1cc(C)ccc1n2-c1ccc(C#N)cc1.Cc1ccc2c(c1)c1cc(C)ccc1n2-c1ccc(F)cc1.Cc1ccc2c(c1)c1cc(C)ccc1n2-c1ccccc1. The second-order valence-corrected chi connectivity index (χ2v) is 30.9. The van der Waals surface area contributed by atoms with E-state index in [0.717, 1.165) is 22.4 Å². The molecule has 0 atom stereocenters. The number of fused-ring (bicyclic) bond motifs is 12. The Morgan fingerprint density at radius 2 is 0.426 bits per heavy atom. The summed E-state index contributed by atoms with van der Waals surface area (Å²) in [5.74, 6) is -0.212. The van der Waals surface area contributed by atoms with Gasteiger partial charge in [0.2, 0.25) is 0 Å². The number of rotatable bonds is 6. The Labute approximate surface area is 674 Å². The molecule has 115 heavy (non-hydrogen) atoms. The van der Waals surface area contributed by atoms with Crippen LogP contribution in [0, 0.1) is 100 Å². The molecule has 0 spiro atoms. The lowest BCUT2D eigenvalue weighted by Crippen LogP contribution is -1.93. The van der Waals surface area contributed by atoms with Crippen LogP contribution in [0.3, 0.4) is 0 Å². The van der Waals surface area contributed by atoms with Gasteiger partial charge in [-0.15, -0.1) is 0 Å². The first-order valence-corrected chi connectivity index (χ1v) is 39.5. The van der Waals surface area contributed by atoms with Crippen molar-refractivity contribution >= 4 is 87.2 Å². The molecule has 4 aromatic heterocycles. The zero-order valence-corrected chi connectivity index (χ0v) is 67.6. The summed E-state index contributed by atoms with van der Waals surface area (Å²) >= 11 is 0. The van der Waals surface area contributed by atoms with Gasteiger partial charge in [-0.05, 0) is 274 Å². The molecule has 5 nitrogen and oxygen atoms in total. The number of nitrogens with one attached hydrogen (secondary N) is 1. The van der Waals surface area contributed by atoms with Crippen molar-refractivity contribution in [2.45, 2.75) is 83.1 Å². The molecule has 1 N–H and O–H groups in total. The van der Waals surface area contributed by atoms with Gasteiger partial charge in [0.25, 0.3) is 0 Å².